The highest BCUT2D eigenvalue weighted by atomic mass is 35.5. The highest BCUT2D eigenvalue weighted by molar-refractivity contribution is 6.30. The molecule has 1 aromatic carbocycles. The van der Waals surface area contributed by atoms with Gasteiger partial charge in [0.05, 0.1) is 0 Å². The van der Waals surface area contributed by atoms with Crippen LogP contribution in [0.5, 0.6) is 0 Å². The van der Waals surface area contributed by atoms with Gasteiger partial charge in [-0.1, -0.05) is 23.7 Å². The van der Waals surface area contributed by atoms with Gasteiger partial charge in [-0.05, 0) is 30.7 Å². The molecule has 0 fully saturated rings. The summed E-state index contributed by atoms with van der Waals surface area (Å²) in [5.74, 6) is 0.785. The van der Waals surface area contributed by atoms with E-state index in [0.717, 1.165) is 28.5 Å². The van der Waals surface area contributed by atoms with Gasteiger partial charge >= 0.3 is 0 Å². The Morgan fingerprint density at radius 3 is 2.67 bits per heavy atom. The van der Waals surface area contributed by atoms with Crippen molar-refractivity contribution < 1.29 is 0 Å². The zero-order valence-electron chi connectivity index (χ0n) is 8.57. The van der Waals surface area contributed by atoms with Gasteiger partial charge in [0.2, 0.25) is 0 Å². The van der Waals surface area contributed by atoms with E-state index in [4.69, 9.17) is 17.3 Å². The number of anilines is 1. The standard InChI is InChI=1S/C12H13ClN2/c1-2-15-8-10(7-12(15)14)9-4-3-5-11(13)6-9/h3-8H,2,14H2,1H3. The van der Waals surface area contributed by atoms with Crippen molar-refractivity contribution in [1.29, 1.82) is 0 Å². The largest absolute Gasteiger partial charge is 0.385 e. The molecule has 0 spiro atoms. The molecule has 78 valence electrons. The summed E-state index contributed by atoms with van der Waals surface area (Å²) >= 11 is 5.94. The lowest BCUT2D eigenvalue weighted by Crippen LogP contribution is -1.97. The first-order chi connectivity index (χ1) is 7.20. The number of benzene rings is 1. The minimum atomic E-state index is 0.746. The molecule has 0 radical (unpaired) electrons. The van der Waals surface area contributed by atoms with E-state index in [-0.39, 0.29) is 0 Å². The smallest absolute Gasteiger partial charge is 0.103 e. The Hall–Kier alpha value is -1.41. The highest BCUT2D eigenvalue weighted by Gasteiger charge is 2.03. The van der Waals surface area contributed by atoms with Gasteiger partial charge in [-0.15, -0.1) is 0 Å². The maximum Gasteiger partial charge on any atom is 0.103 e. The molecule has 0 saturated heterocycles. The number of aromatic nitrogens is 1. The van der Waals surface area contributed by atoms with E-state index in [0.29, 0.717) is 0 Å². The van der Waals surface area contributed by atoms with Crippen LogP contribution in [-0.4, -0.2) is 4.57 Å². The summed E-state index contributed by atoms with van der Waals surface area (Å²) in [5, 5.41) is 0.746. The van der Waals surface area contributed by atoms with Crippen LogP contribution in [-0.2, 0) is 6.54 Å². The molecule has 0 bridgehead atoms. The fraction of sp³-hybridized carbons (Fsp3) is 0.167. The van der Waals surface area contributed by atoms with Gasteiger partial charge in [0, 0.05) is 23.3 Å². The van der Waals surface area contributed by atoms with E-state index < -0.39 is 0 Å². The van der Waals surface area contributed by atoms with E-state index in [2.05, 4.69) is 6.92 Å². The molecule has 0 unspecified atom stereocenters. The van der Waals surface area contributed by atoms with Gasteiger partial charge in [-0.25, -0.2) is 0 Å². The van der Waals surface area contributed by atoms with Crippen LogP contribution in [0.25, 0.3) is 11.1 Å². The van der Waals surface area contributed by atoms with Gasteiger partial charge in [-0.3, -0.25) is 0 Å². The summed E-state index contributed by atoms with van der Waals surface area (Å²) in [7, 11) is 0. The molecule has 0 amide bonds. The van der Waals surface area contributed by atoms with Gasteiger partial charge in [0.1, 0.15) is 5.82 Å². The van der Waals surface area contributed by atoms with Crippen molar-refractivity contribution in [2.24, 2.45) is 0 Å². The number of nitrogens with zero attached hydrogens (tertiary/aromatic N) is 1. The van der Waals surface area contributed by atoms with E-state index in [1.807, 2.05) is 41.1 Å². The van der Waals surface area contributed by atoms with Crippen LogP contribution in [0, 0.1) is 0 Å². The predicted molar refractivity (Wildman–Crippen MR) is 65.0 cm³/mol. The Morgan fingerprint density at radius 1 is 1.27 bits per heavy atom. The number of nitrogen functional groups attached to an aromatic ring is 1. The van der Waals surface area contributed by atoms with Gasteiger partial charge < -0.3 is 10.3 Å². The Morgan fingerprint density at radius 2 is 2.07 bits per heavy atom. The number of rotatable bonds is 2. The maximum absolute atomic E-state index is 5.94. The minimum absolute atomic E-state index is 0.746. The number of nitrogens with two attached hydrogens (primary N) is 1. The van der Waals surface area contributed by atoms with Crippen LogP contribution in [0.4, 0.5) is 5.82 Å². The lowest BCUT2D eigenvalue weighted by molar-refractivity contribution is 0.780. The molecular formula is C12H13ClN2. The molecule has 0 saturated carbocycles. The average molecular weight is 221 g/mol. The lowest BCUT2D eigenvalue weighted by atomic mass is 10.1. The molecule has 2 rings (SSSR count). The Balaban J connectivity index is 2.45. The fourth-order valence-corrected chi connectivity index (χ4v) is 1.81. The van der Waals surface area contributed by atoms with Crippen molar-refractivity contribution in [3.05, 3.63) is 41.6 Å². The summed E-state index contributed by atoms with van der Waals surface area (Å²) in [6.07, 6.45) is 2.04. The fourth-order valence-electron chi connectivity index (χ4n) is 1.62. The summed E-state index contributed by atoms with van der Waals surface area (Å²) in [5.41, 5.74) is 8.06. The Kier molecular flexibility index (Phi) is 2.69. The zero-order chi connectivity index (χ0) is 10.8. The van der Waals surface area contributed by atoms with Crippen LogP contribution in [0.15, 0.2) is 36.5 Å². The van der Waals surface area contributed by atoms with E-state index in [1.54, 1.807) is 0 Å². The van der Waals surface area contributed by atoms with Crippen molar-refractivity contribution in [1.82, 2.24) is 4.57 Å². The lowest BCUT2D eigenvalue weighted by Gasteiger charge is -1.99. The molecule has 3 heteroatoms. The molecule has 0 atom stereocenters. The van der Waals surface area contributed by atoms with Crippen molar-refractivity contribution in [3.63, 3.8) is 0 Å². The maximum atomic E-state index is 5.94. The van der Waals surface area contributed by atoms with Crippen molar-refractivity contribution in [2.75, 3.05) is 5.73 Å². The summed E-state index contributed by atoms with van der Waals surface area (Å²) < 4.78 is 2.01. The molecule has 1 heterocycles. The van der Waals surface area contributed by atoms with Crippen LogP contribution in [0.2, 0.25) is 5.02 Å². The topological polar surface area (TPSA) is 30.9 Å². The quantitative estimate of drug-likeness (QED) is 0.826. The SMILES string of the molecule is CCn1cc(-c2cccc(Cl)c2)cc1N. The van der Waals surface area contributed by atoms with Crippen molar-refractivity contribution >= 4 is 17.4 Å². The van der Waals surface area contributed by atoms with E-state index >= 15 is 0 Å². The average Bonchev–Trinajstić information content (AvgIpc) is 2.60. The van der Waals surface area contributed by atoms with Gasteiger partial charge in [0.25, 0.3) is 0 Å². The van der Waals surface area contributed by atoms with Crippen molar-refractivity contribution in [2.45, 2.75) is 13.5 Å². The van der Waals surface area contributed by atoms with Crippen LogP contribution in [0.3, 0.4) is 0 Å². The second-order valence-electron chi connectivity index (χ2n) is 3.45. The number of halogens is 1. The number of aryl methyl sites for hydroxylation is 1. The molecule has 15 heavy (non-hydrogen) atoms. The molecular weight excluding hydrogens is 208 g/mol. The third-order valence-corrected chi connectivity index (χ3v) is 2.66. The van der Waals surface area contributed by atoms with Crippen LogP contribution >= 0.6 is 11.6 Å². The second kappa shape index (κ2) is 3.99. The molecule has 2 N–H and O–H groups in total. The predicted octanol–water partition coefficient (Wildman–Crippen LogP) is 3.41. The Bertz CT molecular complexity index is 474. The van der Waals surface area contributed by atoms with Gasteiger partial charge in [0.15, 0.2) is 0 Å². The molecule has 0 aliphatic rings. The third-order valence-electron chi connectivity index (χ3n) is 2.43. The first-order valence-electron chi connectivity index (χ1n) is 4.92. The normalized spacial score (nSPS) is 10.5. The monoisotopic (exact) mass is 220 g/mol. The zero-order valence-corrected chi connectivity index (χ0v) is 9.33. The van der Waals surface area contributed by atoms with Crippen LogP contribution in [0.1, 0.15) is 6.92 Å². The minimum Gasteiger partial charge on any atom is -0.385 e. The third kappa shape index (κ3) is 2.00. The number of hydrogen-bond donors (Lipinski definition) is 1. The molecule has 0 aliphatic heterocycles. The summed E-state index contributed by atoms with van der Waals surface area (Å²) in [6, 6.07) is 9.74. The van der Waals surface area contributed by atoms with Crippen LogP contribution < -0.4 is 5.73 Å². The number of hydrogen-bond acceptors (Lipinski definition) is 1. The van der Waals surface area contributed by atoms with E-state index in [1.165, 1.54) is 0 Å². The second-order valence-corrected chi connectivity index (χ2v) is 3.89. The molecule has 2 nitrogen and oxygen atoms in total. The molecule has 0 aliphatic carbocycles. The first-order valence-corrected chi connectivity index (χ1v) is 5.30. The first kappa shape index (κ1) is 10.1. The summed E-state index contributed by atoms with van der Waals surface area (Å²) in [4.78, 5) is 0. The highest BCUT2D eigenvalue weighted by Crippen LogP contribution is 2.25. The Labute approximate surface area is 94.3 Å². The van der Waals surface area contributed by atoms with Gasteiger partial charge in [-0.2, -0.15) is 0 Å². The molecule has 1 aromatic heterocycles. The van der Waals surface area contributed by atoms with E-state index in [9.17, 15) is 0 Å². The van der Waals surface area contributed by atoms with Crippen molar-refractivity contribution in [3.8, 4) is 11.1 Å². The summed E-state index contributed by atoms with van der Waals surface area (Å²) in [6.45, 7) is 2.95. The molecule has 2 aromatic rings.